The van der Waals surface area contributed by atoms with Crippen molar-refractivity contribution in [1.82, 2.24) is 0 Å². The van der Waals surface area contributed by atoms with Crippen LogP contribution in [0.3, 0.4) is 0 Å². The second kappa shape index (κ2) is 7.57. The van der Waals surface area contributed by atoms with Crippen LogP contribution in [0, 0.1) is 3.57 Å². The van der Waals surface area contributed by atoms with E-state index in [1.807, 2.05) is 24.3 Å². The van der Waals surface area contributed by atoms with Crippen LogP contribution in [0.1, 0.15) is 5.56 Å². The van der Waals surface area contributed by atoms with Gasteiger partial charge in [0.25, 0.3) is 0 Å². The van der Waals surface area contributed by atoms with Gasteiger partial charge in [-0.3, -0.25) is 0 Å². The lowest BCUT2D eigenvalue weighted by Crippen LogP contribution is -2.02. The summed E-state index contributed by atoms with van der Waals surface area (Å²) in [5.41, 5.74) is 6.70. The molecule has 0 bridgehead atoms. The highest BCUT2D eigenvalue weighted by Crippen LogP contribution is 2.28. The summed E-state index contributed by atoms with van der Waals surface area (Å²) in [6.07, 6.45) is 0.872. The third-order valence-electron chi connectivity index (χ3n) is 2.51. The first-order valence-corrected chi connectivity index (χ1v) is 6.72. The molecule has 0 unspecified atom stereocenters. The Hall–Kier alpha value is -0.980. The molecular weight excluding hydrogens is 377 g/mol. The molecule has 2 rings (SSSR count). The normalized spacial score (nSPS) is 9.79. The third-order valence-corrected chi connectivity index (χ3v) is 3.38. The molecule has 0 aliphatic rings. The molecule has 3 nitrogen and oxygen atoms in total. The van der Waals surface area contributed by atoms with E-state index in [0.717, 1.165) is 15.7 Å². The number of phenols is 1. The Kier molecular flexibility index (Phi) is 6.41. The number of phenolic OH excluding ortho intramolecular Hbond substituents is 1. The monoisotopic (exact) mass is 391 g/mol. The summed E-state index contributed by atoms with van der Waals surface area (Å²) in [5.74, 6) is 1.75. The average molecular weight is 392 g/mol. The fraction of sp³-hybridized carbons (Fsp3) is 0.143. The van der Waals surface area contributed by atoms with Crippen LogP contribution >= 0.6 is 35.0 Å². The smallest absolute Gasteiger partial charge is 0.129 e. The molecule has 5 heteroatoms. The first kappa shape index (κ1) is 16.1. The summed E-state index contributed by atoms with van der Waals surface area (Å²) in [4.78, 5) is 0. The lowest BCUT2D eigenvalue weighted by atomic mass is 10.1. The lowest BCUT2D eigenvalue weighted by molar-refractivity contribution is 0.461. The summed E-state index contributed by atoms with van der Waals surface area (Å²) in [7, 11) is 0. The van der Waals surface area contributed by atoms with Crippen molar-refractivity contribution in [2.45, 2.75) is 6.42 Å². The maximum absolute atomic E-state index is 9.43. The van der Waals surface area contributed by atoms with Gasteiger partial charge in [0.05, 0.1) is 3.57 Å². The Bertz CT molecular complexity index is 531. The van der Waals surface area contributed by atoms with Gasteiger partial charge in [0, 0.05) is 0 Å². The molecule has 0 spiro atoms. The van der Waals surface area contributed by atoms with E-state index in [9.17, 15) is 5.11 Å². The van der Waals surface area contributed by atoms with Crippen molar-refractivity contribution in [1.29, 1.82) is 0 Å². The third kappa shape index (κ3) is 4.56. The topological polar surface area (TPSA) is 55.5 Å². The van der Waals surface area contributed by atoms with Crippen LogP contribution in [-0.2, 0) is 6.42 Å². The molecule has 0 atom stereocenters. The highest BCUT2D eigenvalue weighted by molar-refractivity contribution is 14.1. The molecule has 0 heterocycles. The van der Waals surface area contributed by atoms with E-state index in [1.54, 1.807) is 18.2 Å². The number of hydrogen-bond donors (Lipinski definition) is 2. The Balaban J connectivity index is 0.00000180. The van der Waals surface area contributed by atoms with Gasteiger partial charge in [-0.15, -0.1) is 12.4 Å². The largest absolute Gasteiger partial charge is 0.507 e. The summed E-state index contributed by atoms with van der Waals surface area (Å²) in [6.45, 7) is 0.649. The zero-order valence-electron chi connectivity index (χ0n) is 10.2. The Morgan fingerprint density at radius 1 is 1.05 bits per heavy atom. The van der Waals surface area contributed by atoms with Gasteiger partial charge in [-0.25, -0.2) is 0 Å². The second-order valence-electron chi connectivity index (χ2n) is 3.90. The van der Waals surface area contributed by atoms with Crippen molar-refractivity contribution in [3.63, 3.8) is 0 Å². The van der Waals surface area contributed by atoms with Gasteiger partial charge in [-0.05, 0) is 71.5 Å². The summed E-state index contributed by atoms with van der Waals surface area (Å²) in [6, 6.07) is 13.0. The number of rotatable bonds is 4. The van der Waals surface area contributed by atoms with Gasteiger partial charge >= 0.3 is 0 Å². The number of ether oxygens (including phenoxy) is 1. The van der Waals surface area contributed by atoms with Gasteiger partial charge < -0.3 is 15.6 Å². The quantitative estimate of drug-likeness (QED) is 0.781. The molecule has 2 aromatic carbocycles. The van der Waals surface area contributed by atoms with Gasteiger partial charge in [0.1, 0.15) is 17.2 Å². The van der Waals surface area contributed by atoms with E-state index < -0.39 is 0 Å². The van der Waals surface area contributed by atoms with Crippen molar-refractivity contribution in [2.75, 3.05) is 6.54 Å². The molecule has 0 radical (unpaired) electrons. The highest BCUT2D eigenvalue weighted by atomic mass is 127. The van der Waals surface area contributed by atoms with Crippen molar-refractivity contribution in [3.8, 4) is 17.2 Å². The number of halogens is 2. The minimum Gasteiger partial charge on any atom is -0.507 e. The summed E-state index contributed by atoms with van der Waals surface area (Å²) < 4.78 is 6.47. The molecule has 0 saturated carbocycles. The Morgan fingerprint density at radius 3 is 2.26 bits per heavy atom. The van der Waals surface area contributed by atoms with E-state index in [0.29, 0.717) is 12.3 Å². The lowest BCUT2D eigenvalue weighted by Gasteiger charge is -2.07. The fourth-order valence-electron chi connectivity index (χ4n) is 1.58. The fourth-order valence-corrected chi connectivity index (χ4v) is 2.06. The van der Waals surface area contributed by atoms with Crippen LogP contribution in [0.4, 0.5) is 0 Å². The van der Waals surface area contributed by atoms with Crippen molar-refractivity contribution < 1.29 is 9.84 Å². The molecule has 0 amide bonds. The standard InChI is InChI=1S/C14H14INO2.ClH/c15-13-9-12(5-6-14(13)17)18-11-3-1-10(2-4-11)7-8-16;/h1-6,9,17H,7-8,16H2;1H. The number of benzene rings is 2. The molecule has 3 N–H and O–H groups in total. The number of hydrogen-bond acceptors (Lipinski definition) is 3. The molecule has 19 heavy (non-hydrogen) atoms. The Labute approximate surface area is 132 Å². The van der Waals surface area contributed by atoms with Crippen LogP contribution in [0.15, 0.2) is 42.5 Å². The molecule has 0 aliphatic heterocycles. The predicted octanol–water partition coefficient (Wildman–Crippen LogP) is 3.71. The van der Waals surface area contributed by atoms with Crippen molar-refractivity contribution in [2.24, 2.45) is 5.73 Å². The Morgan fingerprint density at radius 2 is 1.68 bits per heavy atom. The second-order valence-corrected chi connectivity index (χ2v) is 5.06. The van der Waals surface area contributed by atoms with E-state index >= 15 is 0 Å². The van der Waals surface area contributed by atoms with Crippen molar-refractivity contribution >= 4 is 35.0 Å². The van der Waals surface area contributed by atoms with E-state index in [1.165, 1.54) is 5.56 Å². The zero-order chi connectivity index (χ0) is 13.0. The zero-order valence-corrected chi connectivity index (χ0v) is 13.1. The SMILES string of the molecule is Cl.NCCc1ccc(Oc2ccc(O)c(I)c2)cc1. The summed E-state index contributed by atoms with van der Waals surface area (Å²) in [5, 5.41) is 9.43. The molecule has 0 saturated heterocycles. The van der Waals surface area contributed by atoms with Gasteiger partial charge in [0.15, 0.2) is 0 Å². The molecule has 0 aromatic heterocycles. The number of nitrogens with two attached hydrogens (primary N) is 1. The minimum absolute atomic E-state index is 0. The molecule has 102 valence electrons. The van der Waals surface area contributed by atoms with Gasteiger partial charge in [-0.1, -0.05) is 12.1 Å². The van der Waals surface area contributed by atoms with E-state index in [2.05, 4.69) is 22.6 Å². The number of aromatic hydroxyl groups is 1. The molecule has 0 aliphatic carbocycles. The maximum Gasteiger partial charge on any atom is 0.129 e. The predicted molar refractivity (Wildman–Crippen MR) is 87.3 cm³/mol. The van der Waals surface area contributed by atoms with E-state index in [-0.39, 0.29) is 18.2 Å². The minimum atomic E-state index is 0. The van der Waals surface area contributed by atoms with Crippen LogP contribution in [0.2, 0.25) is 0 Å². The maximum atomic E-state index is 9.43. The van der Waals surface area contributed by atoms with Gasteiger partial charge in [0.2, 0.25) is 0 Å². The van der Waals surface area contributed by atoms with Crippen LogP contribution in [-0.4, -0.2) is 11.7 Å². The average Bonchev–Trinajstić information content (AvgIpc) is 2.37. The van der Waals surface area contributed by atoms with Crippen molar-refractivity contribution in [3.05, 3.63) is 51.6 Å². The molecule has 0 fully saturated rings. The van der Waals surface area contributed by atoms with E-state index in [4.69, 9.17) is 10.5 Å². The van der Waals surface area contributed by atoms with Crippen LogP contribution in [0.5, 0.6) is 17.2 Å². The molecule has 2 aromatic rings. The van der Waals surface area contributed by atoms with Crippen LogP contribution < -0.4 is 10.5 Å². The van der Waals surface area contributed by atoms with Crippen LogP contribution in [0.25, 0.3) is 0 Å². The first-order valence-electron chi connectivity index (χ1n) is 5.64. The molecular formula is C14H15ClINO2. The van der Waals surface area contributed by atoms with Gasteiger partial charge in [-0.2, -0.15) is 0 Å². The first-order chi connectivity index (χ1) is 8.69. The summed E-state index contributed by atoms with van der Waals surface area (Å²) >= 11 is 2.07. The highest BCUT2D eigenvalue weighted by Gasteiger charge is 2.02.